The normalized spacial score (nSPS) is 12.2. The molecule has 0 rings (SSSR count). The molecule has 0 bridgehead atoms. The van der Waals surface area contributed by atoms with Crippen LogP contribution in [0, 0.1) is 11.8 Å². The van der Waals surface area contributed by atoms with Crippen molar-refractivity contribution in [1.29, 1.82) is 0 Å². The van der Waals surface area contributed by atoms with Crippen molar-refractivity contribution < 1.29 is 10.2 Å². The molecule has 0 aliphatic rings. The van der Waals surface area contributed by atoms with E-state index in [1.165, 1.54) is 51.4 Å². The summed E-state index contributed by atoms with van der Waals surface area (Å²) >= 11 is 8.93. The van der Waals surface area contributed by atoms with E-state index in [9.17, 15) is 5.11 Å². The number of aliphatic hydroxyl groups is 2. The summed E-state index contributed by atoms with van der Waals surface area (Å²) in [5.41, 5.74) is 4.40. The van der Waals surface area contributed by atoms with Gasteiger partial charge in [-0.3, -0.25) is 0 Å². The summed E-state index contributed by atoms with van der Waals surface area (Å²) < 4.78 is 0. The Morgan fingerprint density at radius 2 is 1.20 bits per heavy atom. The maximum absolute atomic E-state index is 9.81. The number of nitrogens with two attached hydrogens (primary N) is 1. The predicted molar refractivity (Wildman–Crippen MR) is 120 cm³/mol. The average Bonchev–Trinajstić information content (AvgIpc) is 2.52. The molecule has 0 aromatic heterocycles. The third kappa shape index (κ3) is 20.5. The molecule has 4 nitrogen and oxygen atoms in total. The molecule has 0 fully saturated rings. The number of hydrogen-bond donors (Lipinski definition) is 3. The number of aliphatic hydroxyl groups excluding tert-OH is 2. The Morgan fingerprint density at radius 1 is 0.880 bits per heavy atom. The first-order valence-corrected chi connectivity index (χ1v) is 10.1. The molecule has 0 amide bonds. The molecule has 0 saturated carbocycles. The zero-order valence-corrected chi connectivity index (χ0v) is 17.6. The Bertz CT molecular complexity index is 312. The fraction of sp³-hybridized carbons (Fsp3) is 0.889. The van der Waals surface area contributed by atoms with Gasteiger partial charge in [0.2, 0.25) is 0 Å². The van der Waals surface area contributed by atoms with Crippen LogP contribution in [0.4, 0.5) is 0 Å². The van der Waals surface area contributed by atoms with Gasteiger partial charge in [0.25, 0.3) is 10.3 Å². The molecule has 7 heteroatoms. The van der Waals surface area contributed by atoms with Crippen LogP contribution in [0.1, 0.15) is 79.1 Å². The molecule has 0 aliphatic carbocycles. The van der Waals surface area contributed by atoms with Crippen LogP contribution < -0.4 is 5.73 Å². The third-order valence-electron chi connectivity index (χ3n) is 4.31. The van der Waals surface area contributed by atoms with E-state index >= 15 is 0 Å². The van der Waals surface area contributed by atoms with Gasteiger partial charge in [-0.25, -0.2) is 0 Å². The van der Waals surface area contributed by atoms with Crippen molar-refractivity contribution >= 4 is 64.3 Å². The summed E-state index contributed by atoms with van der Waals surface area (Å²) in [7, 11) is 0. The summed E-state index contributed by atoms with van der Waals surface area (Å²) in [5.74, 6) is 1.31. The van der Waals surface area contributed by atoms with Gasteiger partial charge in [0.15, 0.2) is 0 Å². The maximum atomic E-state index is 9.81. The standard InChI is InChI=1S/C17H35NOS.CH3NOS.Na.H/c1-5-9-11-15(7-3)13-18(17(19)20)14-16(8-4)12-10-6-2;2-1(3)4;;/h15-16H,5-14H2,1-4H3,(H,19,20);(H3,2,3,4);;. The molecule has 2 atom stereocenters. The van der Waals surface area contributed by atoms with E-state index in [1.807, 2.05) is 4.90 Å². The van der Waals surface area contributed by atoms with E-state index < -0.39 is 5.17 Å². The SMILES string of the molecule is CCCCC(CC)CN(CC(CC)CCCC)C(O)=S.NC(O)=S.[NaH]. The van der Waals surface area contributed by atoms with Crippen molar-refractivity contribution in [3.05, 3.63) is 0 Å². The van der Waals surface area contributed by atoms with Gasteiger partial charge in [-0.05, 0) is 49.1 Å². The van der Waals surface area contributed by atoms with Crippen molar-refractivity contribution in [3.63, 3.8) is 0 Å². The van der Waals surface area contributed by atoms with Gasteiger partial charge in [0, 0.05) is 13.1 Å². The van der Waals surface area contributed by atoms with Crippen molar-refractivity contribution in [3.8, 4) is 0 Å². The Balaban J connectivity index is -0.000000867. The number of nitrogens with zero attached hydrogens (tertiary/aromatic N) is 1. The Kier molecular flexibility index (Phi) is 24.9. The fourth-order valence-corrected chi connectivity index (χ4v) is 2.84. The number of hydrogen-bond acceptors (Lipinski definition) is 2. The molecule has 0 aliphatic heterocycles. The monoisotopic (exact) mass is 402 g/mol. The third-order valence-corrected chi connectivity index (χ3v) is 4.57. The summed E-state index contributed by atoms with van der Waals surface area (Å²) in [6, 6.07) is 0. The Hall–Kier alpha value is 0.380. The van der Waals surface area contributed by atoms with Crippen molar-refractivity contribution in [2.24, 2.45) is 17.6 Å². The van der Waals surface area contributed by atoms with Gasteiger partial charge in [0.1, 0.15) is 0 Å². The minimum atomic E-state index is -0.500. The van der Waals surface area contributed by atoms with Gasteiger partial charge >= 0.3 is 29.6 Å². The molecule has 25 heavy (non-hydrogen) atoms. The summed E-state index contributed by atoms with van der Waals surface area (Å²) in [4.78, 5) is 2.04. The van der Waals surface area contributed by atoms with Crippen molar-refractivity contribution in [2.45, 2.75) is 79.1 Å². The van der Waals surface area contributed by atoms with E-state index in [2.05, 4.69) is 45.6 Å². The Morgan fingerprint density at radius 3 is 1.40 bits per heavy atom. The van der Waals surface area contributed by atoms with Gasteiger partial charge in [-0.1, -0.05) is 66.2 Å². The van der Waals surface area contributed by atoms with Gasteiger partial charge in [-0.15, -0.1) is 0 Å². The average molecular weight is 403 g/mol. The van der Waals surface area contributed by atoms with Crippen LogP contribution in [0.3, 0.4) is 0 Å². The van der Waals surface area contributed by atoms with Crippen LogP contribution in [0.15, 0.2) is 0 Å². The van der Waals surface area contributed by atoms with E-state index in [0.29, 0.717) is 11.8 Å². The van der Waals surface area contributed by atoms with E-state index in [0.717, 1.165) is 13.1 Å². The first-order valence-electron chi connectivity index (χ1n) is 9.28. The van der Waals surface area contributed by atoms with Gasteiger partial charge < -0.3 is 20.8 Å². The van der Waals surface area contributed by atoms with Gasteiger partial charge in [-0.2, -0.15) is 0 Å². The second-order valence-electron chi connectivity index (χ2n) is 6.36. The fourth-order valence-electron chi connectivity index (χ4n) is 2.69. The minimum absolute atomic E-state index is 0. The molecule has 0 radical (unpaired) electrons. The number of unbranched alkanes of at least 4 members (excludes halogenated alkanes) is 2. The first kappa shape index (κ1) is 30.1. The zero-order chi connectivity index (χ0) is 19.0. The van der Waals surface area contributed by atoms with Gasteiger partial charge in [0.05, 0.1) is 0 Å². The second-order valence-corrected chi connectivity index (χ2v) is 7.14. The van der Waals surface area contributed by atoms with Crippen molar-refractivity contribution in [1.82, 2.24) is 4.90 Å². The van der Waals surface area contributed by atoms with Crippen LogP contribution in [0.25, 0.3) is 0 Å². The number of rotatable bonds is 12. The van der Waals surface area contributed by atoms with Crippen LogP contribution in [0.5, 0.6) is 0 Å². The van der Waals surface area contributed by atoms with E-state index in [-0.39, 0.29) is 34.7 Å². The van der Waals surface area contributed by atoms with Crippen molar-refractivity contribution in [2.75, 3.05) is 13.1 Å². The molecule has 0 heterocycles. The van der Waals surface area contributed by atoms with Crippen LogP contribution in [-0.2, 0) is 0 Å². The van der Waals surface area contributed by atoms with Crippen LogP contribution >= 0.6 is 24.4 Å². The van der Waals surface area contributed by atoms with E-state index in [1.54, 1.807) is 0 Å². The summed E-state index contributed by atoms with van der Waals surface area (Å²) in [6.45, 7) is 10.8. The first-order chi connectivity index (χ1) is 11.3. The second kappa shape index (κ2) is 20.7. The molecule has 0 saturated heterocycles. The molecule has 0 aromatic carbocycles. The number of thiocarbonyl (C=S) groups is 2. The molecule has 146 valence electrons. The molecule has 2 unspecified atom stereocenters. The quantitative estimate of drug-likeness (QED) is 0.325. The summed E-state index contributed by atoms with van der Waals surface area (Å²) in [5, 5.41) is 17.0. The molecule has 0 aromatic rings. The molecule has 0 spiro atoms. The summed E-state index contributed by atoms with van der Waals surface area (Å²) in [6.07, 6.45) is 9.88. The topological polar surface area (TPSA) is 69.7 Å². The van der Waals surface area contributed by atoms with Crippen LogP contribution in [0.2, 0.25) is 0 Å². The molecule has 4 N–H and O–H groups in total. The Labute approximate surface area is 188 Å². The molecular weight excluding hydrogens is 363 g/mol. The predicted octanol–water partition coefficient (Wildman–Crippen LogP) is 4.70. The molecular formula is C18H39N2NaO2S2. The van der Waals surface area contributed by atoms with E-state index in [4.69, 9.17) is 17.3 Å². The van der Waals surface area contributed by atoms with Crippen LogP contribution in [-0.4, -0.2) is 68.1 Å². The zero-order valence-electron chi connectivity index (χ0n) is 16.0.